The average molecular weight is 221 g/mol. The zero-order valence-electron chi connectivity index (χ0n) is 9.18. The molecule has 1 aromatic carbocycles. The molecule has 1 fully saturated rings. The lowest BCUT2D eigenvalue weighted by atomic mass is 10.1. The van der Waals surface area contributed by atoms with Gasteiger partial charge in [-0.3, -0.25) is 4.79 Å². The molecule has 1 saturated heterocycles. The Balaban J connectivity index is 2.31. The molecule has 1 aromatic rings. The number of benzene rings is 1. The molecule has 0 saturated carbocycles. The highest BCUT2D eigenvalue weighted by atomic mass is 16.3. The highest BCUT2D eigenvalue weighted by Gasteiger charge is 2.31. The third-order valence-electron chi connectivity index (χ3n) is 2.97. The van der Waals surface area contributed by atoms with Crippen LogP contribution in [-0.2, 0) is 4.79 Å². The summed E-state index contributed by atoms with van der Waals surface area (Å²) in [5.41, 5.74) is 1.29. The van der Waals surface area contributed by atoms with Crippen molar-refractivity contribution in [3.05, 3.63) is 23.8 Å². The minimum atomic E-state index is -0.0417. The van der Waals surface area contributed by atoms with Gasteiger partial charge in [0.05, 0.1) is 5.69 Å². The number of rotatable bonds is 2. The van der Waals surface area contributed by atoms with Crippen molar-refractivity contribution in [3.63, 3.8) is 0 Å². The van der Waals surface area contributed by atoms with Gasteiger partial charge in [-0.1, -0.05) is 12.1 Å². The smallest absolute Gasteiger partial charge is 0.227 e. The summed E-state index contributed by atoms with van der Waals surface area (Å²) in [5.74, 6) is 0.0850. The lowest BCUT2D eigenvalue weighted by Crippen LogP contribution is -2.25. The Kier molecular flexibility index (Phi) is 2.83. The summed E-state index contributed by atoms with van der Waals surface area (Å²) in [4.78, 5) is 13.3. The van der Waals surface area contributed by atoms with E-state index < -0.39 is 0 Å². The summed E-state index contributed by atoms with van der Waals surface area (Å²) in [6.45, 7) is 2.28. The second kappa shape index (κ2) is 4.14. The molecule has 0 radical (unpaired) electrons. The quantitative estimate of drug-likeness (QED) is 0.784. The predicted molar refractivity (Wildman–Crippen MR) is 60.4 cm³/mol. The Hall–Kier alpha value is -1.55. The molecule has 1 aliphatic rings. The molecular weight excluding hydrogens is 206 g/mol. The minimum Gasteiger partial charge on any atom is -0.505 e. The number of hydrogen-bond donors (Lipinski definition) is 2. The number of carbonyl (C=O) groups is 1. The molecule has 1 atom stereocenters. The predicted octanol–water partition coefficient (Wildman–Crippen LogP) is 1.05. The van der Waals surface area contributed by atoms with E-state index in [0.717, 1.165) is 5.56 Å². The largest absolute Gasteiger partial charge is 0.505 e. The number of aromatic hydroxyl groups is 1. The second-order valence-electron chi connectivity index (χ2n) is 4.20. The van der Waals surface area contributed by atoms with E-state index in [2.05, 4.69) is 0 Å². The van der Waals surface area contributed by atoms with Crippen LogP contribution in [0.25, 0.3) is 0 Å². The highest BCUT2D eigenvalue weighted by molar-refractivity contribution is 5.97. The maximum Gasteiger partial charge on any atom is 0.227 e. The van der Waals surface area contributed by atoms with Gasteiger partial charge in [0.2, 0.25) is 5.91 Å². The van der Waals surface area contributed by atoms with Crippen molar-refractivity contribution in [2.75, 3.05) is 18.1 Å². The SMILES string of the molecule is Cc1cccc(N2CC(CO)CC2=O)c1O. The van der Waals surface area contributed by atoms with Gasteiger partial charge in [0, 0.05) is 25.5 Å². The maximum atomic E-state index is 11.7. The fourth-order valence-electron chi connectivity index (χ4n) is 2.00. The lowest BCUT2D eigenvalue weighted by Gasteiger charge is -2.18. The van der Waals surface area contributed by atoms with Crippen LogP contribution in [0.5, 0.6) is 5.75 Å². The molecule has 4 nitrogen and oxygen atoms in total. The standard InChI is InChI=1S/C12H15NO3/c1-8-3-2-4-10(12(8)16)13-6-9(7-14)5-11(13)15/h2-4,9,14,16H,5-7H2,1H3. The van der Waals surface area contributed by atoms with Gasteiger partial charge in [-0.15, -0.1) is 0 Å². The number of anilines is 1. The van der Waals surface area contributed by atoms with Crippen LogP contribution in [0.4, 0.5) is 5.69 Å². The molecule has 0 spiro atoms. The topological polar surface area (TPSA) is 60.8 Å². The van der Waals surface area contributed by atoms with Crippen molar-refractivity contribution in [3.8, 4) is 5.75 Å². The van der Waals surface area contributed by atoms with Crippen molar-refractivity contribution >= 4 is 11.6 Å². The van der Waals surface area contributed by atoms with Gasteiger partial charge in [0.1, 0.15) is 5.75 Å². The monoisotopic (exact) mass is 221 g/mol. The third-order valence-corrected chi connectivity index (χ3v) is 2.97. The Morgan fingerprint density at radius 1 is 1.50 bits per heavy atom. The van der Waals surface area contributed by atoms with E-state index >= 15 is 0 Å². The average Bonchev–Trinajstić information content (AvgIpc) is 2.64. The van der Waals surface area contributed by atoms with E-state index in [1.807, 2.05) is 6.07 Å². The van der Waals surface area contributed by atoms with Crippen molar-refractivity contribution in [2.45, 2.75) is 13.3 Å². The van der Waals surface area contributed by atoms with E-state index in [1.54, 1.807) is 24.0 Å². The maximum absolute atomic E-state index is 11.7. The molecule has 1 unspecified atom stereocenters. The number of hydrogen-bond acceptors (Lipinski definition) is 3. The summed E-state index contributed by atoms with van der Waals surface area (Å²) >= 11 is 0. The van der Waals surface area contributed by atoms with Gasteiger partial charge < -0.3 is 15.1 Å². The third kappa shape index (κ3) is 1.76. The number of aliphatic hydroxyl groups is 1. The van der Waals surface area contributed by atoms with Gasteiger partial charge in [0.25, 0.3) is 0 Å². The molecule has 86 valence electrons. The van der Waals surface area contributed by atoms with Gasteiger partial charge in [-0.05, 0) is 18.6 Å². The molecular formula is C12H15NO3. The zero-order valence-corrected chi connectivity index (χ0v) is 9.18. The van der Waals surface area contributed by atoms with Crippen molar-refractivity contribution < 1.29 is 15.0 Å². The Labute approximate surface area is 94.1 Å². The fourth-order valence-corrected chi connectivity index (χ4v) is 2.00. The Morgan fingerprint density at radius 3 is 2.88 bits per heavy atom. The van der Waals surface area contributed by atoms with Gasteiger partial charge in [-0.2, -0.15) is 0 Å². The van der Waals surface area contributed by atoms with Crippen LogP contribution in [0.15, 0.2) is 18.2 Å². The Bertz CT molecular complexity index is 417. The molecule has 0 aromatic heterocycles. The number of para-hydroxylation sites is 1. The van der Waals surface area contributed by atoms with Gasteiger partial charge in [0.15, 0.2) is 0 Å². The van der Waals surface area contributed by atoms with Gasteiger partial charge >= 0.3 is 0 Å². The van der Waals surface area contributed by atoms with Crippen LogP contribution in [0, 0.1) is 12.8 Å². The van der Waals surface area contributed by atoms with E-state index in [9.17, 15) is 9.90 Å². The zero-order chi connectivity index (χ0) is 11.7. The molecule has 16 heavy (non-hydrogen) atoms. The number of phenols is 1. The van der Waals surface area contributed by atoms with E-state index in [-0.39, 0.29) is 24.2 Å². The molecule has 1 amide bonds. The first kappa shape index (κ1) is 11.0. The fraction of sp³-hybridized carbons (Fsp3) is 0.417. The number of aryl methyl sites for hydroxylation is 1. The molecule has 4 heteroatoms. The first-order valence-corrected chi connectivity index (χ1v) is 5.33. The highest BCUT2D eigenvalue weighted by Crippen LogP contribution is 2.34. The molecule has 2 N–H and O–H groups in total. The Morgan fingerprint density at radius 2 is 2.25 bits per heavy atom. The lowest BCUT2D eigenvalue weighted by molar-refractivity contribution is -0.117. The first-order chi connectivity index (χ1) is 7.63. The minimum absolute atomic E-state index is 0.00875. The normalized spacial score (nSPS) is 20.5. The number of phenolic OH excluding ortho intramolecular Hbond substituents is 1. The van der Waals surface area contributed by atoms with Crippen LogP contribution >= 0.6 is 0 Å². The van der Waals surface area contributed by atoms with Crippen LogP contribution in [0.2, 0.25) is 0 Å². The summed E-state index contributed by atoms with van der Waals surface area (Å²) in [5, 5.41) is 18.9. The van der Waals surface area contributed by atoms with E-state index in [0.29, 0.717) is 18.7 Å². The van der Waals surface area contributed by atoms with Crippen molar-refractivity contribution in [1.29, 1.82) is 0 Å². The van der Waals surface area contributed by atoms with Crippen molar-refractivity contribution in [2.24, 2.45) is 5.92 Å². The molecule has 0 aliphatic carbocycles. The van der Waals surface area contributed by atoms with E-state index in [4.69, 9.17) is 5.11 Å². The summed E-state index contributed by atoms with van der Waals surface area (Å²) in [6.07, 6.45) is 0.351. The summed E-state index contributed by atoms with van der Waals surface area (Å²) < 4.78 is 0. The van der Waals surface area contributed by atoms with Crippen LogP contribution < -0.4 is 4.90 Å². The molecule has 0 bridgehead atoms. The number of aliphatic hydroxyl groups excluding tert-OH is 1. The van der Waals surface area contributed by atoms with Crippen molar-refractivity contribution in [1.82, 2.24) is 0 Å². The summed E-state index contributed by atoms with van der Waals surface area (Å²) in [7, 11) is 0. The van der Waals surface area contributed by atoms with Crippen LogP contribution in [-0.4, -0.2) is 29.3 Å². The van der Waals surface area contributed by atoms with Crippen LogP contribution in [0.3, 0.4) is 0 Å². The van der Waals surface area contributed by atoms with E-state index in [1.165, 1.54) is 0 Å². The van der Waals surface area contributed by atoms with Gasteiger partial charge in [-0.25, -0.2) is 0 Å². The number of nitrogens with zero attached hydrogens (tertiary/aromatic N) is 1. The second-order valence-corrected chi connectivity index (χ2v) is 4.20. The summed E-state index contributed by atoms with van der Waals surface area (Å²) in [6, 6.07) is 5.33. The first-order valence-electron chi connectivity index (χ1n) is 5.33. The number of amides is 1. The number of carbonyl (C=O) groups excluding carboxylic acids is 1. The molecule has 1 aliphatic heterocycles. The molecule has 2 rings (SSSR count). The van der Waals surface area contributed by atoms with Crippen LogP contribution in [0.1, 0.15) is 12.0 Å². The molecule has 1 heterocycles.